The zero-order valence-electron chi connectivity index (χ0n) is 6.16. The molecule has 0 spiro atoms. The van der Waals surface area contributed by atoms with E-state index in [2.05, 4.69) is 0 Å². The van der Waals surface area contributed by atoms with E-state index in [1.807, 2.05) is 0 Å². The Kier molecular flexibility index (Phi) is 3.40. The molecule has 9 N–H and O–H groups in total. The molecule has 0 bridgehead atoms. The van der Waals surface area contributed by atoms with E-state index >= 15 is 0 Å². The van der Waals surface area contributed by atoms with E-state index in [9.17, 15) is 4.79 Å². The number of aliphatic carboxylic acids is 1. The molecule has 0 unspecified atom stereocenters. The van der Waals surface area contributed by atoms with Gasteiger partial charge in [-0.1, -0.05) is 0 Å². The second-order valence-corrected chi connectivity index (χ2v) is 2.67. The third kappa shape index (κ3) is 5.74. The van der Waals surface area contributed by atoms with Gasteiger partial charge in [0.15, 0.2) is 0 Å². The van der Waals surface area contributed by atoms with Gasteiger partial charge in [0.05, 0.1) is 18.2 Å². The number of hydrogen-bond donors (Lipinski definition) is 5. The Labute approximate surface area is 64.5 Å². The second kappa shape index (κ2) is 3.63. The minimum Gasteiger partial charge on any atom is -0.481 e. The Morgan fingerprint density at radius 1 is 1.45 bits per heavy atom. The van der Waals surface area contributed by atoms with E-state index in [-0.39, 0.29) is 12.8 Å². The van der Waals surface area contributed by atoms with Gasteiger partial charge in [-0.05, 0) is 0 Å². The SMILES string of the molecule is NC(N)CC(N)(N)CC(=O)O. The molecule has 0 aromatic rings. The molecular weight excluding hydrogens is 148 g/mol. The first-order valence-electron chi connectivity index (χ1n) is 3.14. The highest BCUT2D eigenvalue weighted by Gasteiger charge is 2.24. The van der Waals surface area contributed by atoms with E-state index < -0.39 is 17.8 Å². The van der Waals surface area contributed by atoms with Crippen LogP contribution < -0.4 is 22.9 Å². The fourth-order valence-corrected chi connectivity index (χ4v) is 0.793. The molecule has 0 aromatic carbocycles. The summed E-state index contributed by atoms with van der Waals surface area (Å²) in [4.78, 5) is 10.2. The molecule has 0 aliphatic heterocycles. The Balaban J connectivity index is 3.89. The van der Waals surface area contributed by atoms with Gasteiger partial charge in [0.1, 0.15) is 0 Å². The number of rotatable bonds is 4. The van der Waals surface area contributed by atoms with Crippen molar-refractivity contribution in [1.29, 1.82) is 0 Å². The number of nitrogens with two attached hydrogens (primary N) is 4. The summed E-state index contributed by atoms with van der Waals surface area (Å²) in [6.45, 7) is 0. The number of carbonyl (C=O) groups is 1. The minimum absolute atomic E-state index is 0.0826. The molecule has 0 rings (SSSR count). The van der Waals surface area contributed by atoms with Crippen molar-refractivity contribution in [2.45, 2.75) is 24.7 Å². The molecule has 0 aromatic heterocycles. The molecule has 0 fully saturated rings. The highest BCUT2D eigenvalue weighted by molar-refractivity contribution is 5.68. The molecule has 0 aliphatic carbocycles. The second-order valence-electron chi connectivity index (χ2n) is 2.67. The first-order chi connectivity index (χ1) is 4.83. The van der Waals surface area contributed by atoms with E-state index in [0.717, 1.165) is 0 Å². The van der Waals surface area contributed by atoms with Crippen molar-refractivity contribution in [1.82, 2.24) is 0 Å². The zero-order valence-corrected chi connectivity index (χ0v) is 6.16. The quantitative estimate of drug-likeness (QED) is 0.294. The fraction of sp³-hybridized carbons (Fsp3) is 0.800. The Morgan fingerprint density at radius 3 is 2.18 bits per heavy atom. The zero-order chi connectivity index (χ0) is 9.07. The maximum absolute atomic E-state index is 10.2. The standard InChI is InChI=1S/C5H14N4O2/c6-3(7)1-5(8,9)2-4(10)11/h3H,1-2,6-9H2,(H,10,11). The molecule has 0 atom stereocenters. The topological polar surface area (TPSA) is 141 Å². The van der Waals surface area contributed by atoms with Crippen LogP contribution in [0.15, 0.2) is 0 Å². The van der Waals surface area contributed by atoms with E-state index in [4.69, 9.17) is 28.0 Å². The smallest absolute Gasteiger partial charge is 0.306 e. The van der Waals surface area contributed by atoms with Crippen LogP contribution in [0.4, 0.5) is 0 Å². The Hall–Kier alpha value is -0.690. The molecule has 0 heterocycles. The van der Waals surface area contributed by atoms with Crippen LogP contribution in [0.5, 0.6) is 0 Å². The monoisotopic (exact) mass is 162 g/mol. The van der Waals surface area contributed by atoms with Crippen LogP contribution in [-0.4, -0.2) is 22.9 Å². The van der Waals surface area contributed by atoms with Gasteiger partial charge < -0.3 is 28.0 Å². The van der Waals surface area contributed by atoms with Crippen LogP contribution in [0, 0.1) is 0 Å². The van der Waals surface area contributed by atoms with Crippen molar-refractivity contribution < 1.29 is 9.90 Å². The van der Waals surface area contributed by atoms with Gasteiger partial charge in [-0.2, -0.15) is 0 Å². The summed E-state index contributed by atoms with van der Waals surface area (Å²) in [5, 5.41) is 8.32. The maximum Gasteiger partial charge on any atom is 0.306 e. The van der Waals surface area contributed by atoms with Gasteiger partial charge in [0, 0.05) is 6.42 Å². The van der Waals surface area contributed by atoms with Gasteiger partial charge in [-0.15, -0.1) is 0 Å². The lowest BCUT2D eigenvalue weighted by Gasteiger charge is -2.23. The lowest BCUT2D eigenvalue weighted by atomic mass is 10.0. The summed E-state index contributed by atoms with van der Waals surface area (Å²) in [6, 6.07) is 0. The molecule has 0 saturated carbocycles. The van der Waals surface area contributed by atoms with Crippen LogP contribution in [-0.2, 0) is 4.79 Å². The van der Waals surface area contributed by atoms with Crippen molar-refractivity contribution in [3.63, 3.8) is 0 Å². The molecular formula is C5H14N4O2. The lowest BCUT2D eigenvalue weighted by Crippen LogP contribution is -2.55. The summed E-state index contributed by atoms with van der Waals surface area (Å²) >= 11 is 0. The number of carboxylic acid groups (broad SMARTS) is 1. The predicted molar refractivity (Wildman–Crippen MR) is 40.1 cm³/mol. The van der Waals surface area contributed by atoms with E-state index in [0.29, 0.717) is 0 Å². The normalized spacial score (nSPS) is 12.1. The first-order valence-corrected chi connectivity index (χ1v) is 3.14. The van der Waals surface area contributed by atoms with Crippen LogP contribution in [0.3, 0.4) is 0 Å². The number of carboxylic acids is 1. The van der Waals surface area contributed by atoms with Crippen LogP contribution in [0.25, 0.3) is 0 Å². The molecule has 6 nitrogen and oxygen atoms in total. The minimum atomic E-state index is -1.31. The lowest BCUT2D eigenvalue weighted by molar-refractivity contribution is -0.138. The first kappa shape index (κ1) is 10.3. The summed E-state index contributed by atoms with van der Waals surface area (Å²) in [5.74, 6) is -1.06. The van der Waals surface area contributed by atoms with Crippen molar-refractivity contribution in [3.05, 3.63) is 0 Å². The van der Waals surface area contributed by atoms with Crippen molar-refractivity contribution >= 4 is 5.97 Å². The van der Waals surface area contributed by atoms with E-state index in [1.54, 1.807) is 0 Å². The summed E-state index contributed by atoms with van der Waals surface area (Å²) in [6.07, 6.45) is -0.929. The molecule has 0 radical (unpaired) electrons. The van der Waals surface area contributed by atoms with Gasteiger partial charge >= 0.3 is 5.97 Å². The molecule has 6 heteroatoms. The molecule has 66 valence electrons. The molecule has 11 heavy (non-hydrogen) atoms. The van der Waals surface area contributed by atoms with Crippen LogP contribution >= 0.6 is 0 Å². The van der Waals surface area contributed by atoms with Crippen molar-refractivity contribution in [3.8, 4) is 0 Å². The fourth-order valence-electron chi connectivity index (χ4n) is 0.793. The highest BCUT2D eigenvalue weighted by atomic mass is 16.4. The summed E-state index contributed by atoms with van der Waals surface area (Å²) in [5.41, 5.74) is 19.8. The maximum atomic E-state index is 10.2. The van der Waals surface area contributed by atoms with Crippen LogP contribution in [0.1, 0.15) is 12.8 Å². The van der Waals surface area contributed by atoms with Gasteiger partial charge in [0.25, 0.3) is 0 Å². The highest BCUT2D eigenvalue weighted by Crippen LogP contribution is 2.03. The molecule has 0 saturated heterocycles. The van der Waals surface area contributed by atoms with Crippen molar-refractivity contribution in [2.75, 3.05) is 0 Å². The van der Waals surface area contributed by atoms with E-state index in [1.165, 1.54) is 0 Å². The van der Waals surface area contributed by atoms with Gasteiger partial charge in [0.2, 0.25) is 0 Å². The predicted octanol–water partition coefficient (Wildman–Crippen LogP) is -2.29. The summed E-state index contributed by atoms with van der Waals surface area (Å²) in [7, 11) is 0. The van der Waals surface area contributed by atoms with Crippen LogP contribution in [0.2, 0.25) is 0 Å². The molecule has 0 amide bonds. The third-order valence-electron chi connectivity index (χ3n) is 1.10. The average Bonchev–Trinajstić information content (AvgIpc) is 1.53. The Bertz CT molecular complexity index is 145. The average molecular weight is 162 g/mol. The van der Waals surface area contributed by atoms with Gasteiger partial charge in [-0.25, -0.2) is 0 Å². The molecule has 0 aliphatic rings. The van der Waals surface area contributed by atoms with Gasteiger partial charge in [-0.3, -0.25) is 4.79 Å². The third-order valence-corrected chi connectivity index (χ3v) is 1.10. The largest absolute Gasteiger partial charge is 0.481 e. The van der Waals surface area contributed by atoms with Crippen molar-refractivity contribution in [2.24, 2.45) is 22.9 Å². The Morgan fingerprint density at radius 2 is 1.91 bits per heavy atom. The number of hydrogen-bond acceptors (Lipinski definition) is 5. The summed E-state index contributed by atoms with van der Waals surface area (Å²) < 4.78 is 0.